The van der Waals surface area contributed by atoms with Crippen LogP contribution in [0.1, 0.15) is 39.3 Å². The summed E-state index contributed by atoms with van der Waals surface area (Å²) < 4.78 is 37.5. The molecule has 2 aromatic carbocycles. The van der Waals surface area contributed by atoms with E-state index in [-0.39, 0.29) is 24.2 Å². The number of amides is 1. The van der Waals surface area contributed by atoms with Crippen molar-refractivity contribution < 1.29 is 42.7 Å². The molecule has 1 amide bonds. The lowest BCUT2D eigenvalue weighted by Crippen LogP contribution is -2.25. The molecular formula is C23H25NO9. The van der Waals surface area contributed by atoms with E-state index in [0.717, 1.165) is 11.1 Å². The van der Waals surface area contributed by atoms with Crippen LogP contribution in [0.25, 0.3) is 0 Å². The molecule has 2 aliphatic heterocycles. The number of alkyl carbamates (subject to hydrolysis) is 1. The fourth-order valence-corrected chi connectivity index (χ4v) is 3.93. The molecule has 1 saturated heterocycles. The van der Waals surface area contributed by atoms with Gasteiger partial charge in [-0.05, 0) is 35.7 Å². The predicted molar refractivity (Wildman–Crippen MR) is 114 cm³/mol. The number of carbonyl (C=O) groups is 2. The molecule has 0 bridgehead atoms. The molecule has 0 unspecified atom stereocenters. The minimum absolute atomic E-state index is 0.135. The van der Waals surface area contributed by atoms with Gasteiger partial charge in [-0.15, -0.1) is 0 Å². The van der Waals surface area contributed by atoms with Gasteiger partial charge in [0.2, 0.25) is 6.79 Å². The van der Waals surface area contributed by atoms with Crippen LogP contribution in [0.15, 0.2) is 24.3 Å². The maximum absolute atomic E-state index is 12.6. The van der Waals surface area contributed by atoms with Gasteiger partial charge in [0, 0.05) is 12.1 Å². The number of esters is 1. The molecule has 10 heteroatoms. The first kappa shape index (κ1) is 22.5. The Morgan fingerprint density at radius 1 is 0.970 bits per heavy atom. The molecule has 0 spiro atoms. The molecule has 0 radical (unpaired) electrons. The van der Waals surface area contributed by atoms with E-state index in [1.54, 1.807) is 12.1 Å². The van der Waals surface area contributed by atoms with Gasteiger partial charge < -0.3 is 38.5 Å². The molecule has 33 heavy (non-hydrogen) atoms. The van der Waals surface area contributed by atoms with Crippen molar-refractivity contribution in [1.82, 2.24) is 5.32 Å². The van der Waals surface area contributed by atoms with Crippen LogP contribution in [0.2, 0.25) is 0 Å². The van der Waals surface area contributed by atoms with Crippen molar-refractivity contribution in [2.24, 2.45) is 0 Å². The lowest BCUT2D eigenvalue weighted by molar-refractivity contribution is 0.0594. The zero-order valence-corrected chi connectivity index (χ0v) is 18.8. The van der Waals surface area contributed by atoms with E-state index in [1.807, 2.05) is 12.1 Å². The number of ether oxygens (including phenoxy) is 7. The Labute approximate surface area is 190 Å². The summed E-state index contributed by atoms with van der Waals surface area (Å²) in [6, 6.07) is 7.24. The highest BCUT2D eigenvalue weighted by Crippen LogP contribution is 2.56. The molecule has 0 aromatic heterocycles. The van der Waals surface area contributed by atoms with Gasteiger partial charge in [-0.1, -0.05) is 6.07 Å². The highest BCUT2D eigenvalue weighted by Gasteiger charge is 2.46. The van der Waals surface area contributed by atoms with Crippen molar-refractivity contribution >= 4 is 12.1 Å². The first-order valence-corrected chi connectivity index (χ1v) is 10.2. The van der Waals surface area contributed by atoms with E-state index in [9.17, 15) is 9.59 Å². The third kappa shape index (κ3) is 4.34. The molecule has 4 rings (SSSR count). The molecule has 2 aliphatic rings. The third-order valence-corrected chi connectivity index (χ3v) is 5.56. The Kier molecular flexibility index (Phi) is 6.45. The average Bonchev–Trinajstić information content (AvgIpc) is 3.50. The van der Waals surface area contributed by atoms with Crippen molar-refractivity contribution in [2.45, 2.75) is 18.6 Å². The lowest BCUT2D eigenvalue weighted by atomic mass is 9.94. The smallest absolute Gasteiger partial charge is 0.406 e. The van der Waals surface area contributed by atoms with Crippen LogP contribution in [-0.4, -0.2) is 53.8 Å². The van der Waals surface area contributed by atoms with Crippen LogP contribution in [0.4, 0.5) is 4.79 Å². The standard InChI is InChI=1S/C23H25NO9/c1-27-15-6-5-13(18(21(15)28-2)22(25)29-3)19-20(33-19)14-10-17-16(31-11-32-17)9-12(14)7-8-24-23(26)30-4/h5-6,9-10,19-20H,7-8,11H2,1-4H3,(H,24,26)/t19-,20-/m1/s1. The fraction of sp³-hybridized carbons (Fsp3) is 0.391. The number of benzene rings is 2. The first-order valence-electron chi connectivity index (χ1n) is 10.2. The monoisotopic (exact) mass is 459 g/mol. The van der Waals surface area contributed by atoms with Gasteiger partial charge in [0.1, 0.15) is 17.8 Å². The fourth-order valence-electron chi connectivity index (χ4n) is 3.93. The van der Waals surface area contributed by atoms with E-state index in [4.69, 9.17) is 28.4 Å². The van der Waals surface area contributed by atoms with Crippen LogP contribution < -0.4 is 24.3 Å². The average molecular weight is 459 g/mol. The Morgan fingerprint density at radius 3 is 2.36 bits per heavy atom. The van der Waals surface area contributed by atoms with Gasteiger partial charge >= 0.3 is 12.1 Å². The van der Waals surface area contributed by atoms with Crippen LogP contribution in [0, 0.1) is 0 Å². The third-order valence-electron chi connectivity index (χ3n) is 5.56. The Bertz CT molecular complexity index is 1070. The minimum atomic E-state index is -0.553. The topological polar surface area (TPSA) is 114 Å². The zero-order chi connectivity index (χ0) is 23.5. The zero-order valence-electron chi connectivity index (χ0n) is 18.8. The lowest BCUT2D eigenvalue weighted by Gasteiger charge is -2.15. The number of hydrogen-bond acceptors (Lipinski definition) is 9. The second kappa shape index (κ2) is 9.45. The van der Waals surface area contributed by atoms with Gasteiger partial charge in [0.25, 0.3) is 0 Å². The number of fused-ring (bicyclic) bond motifs is 1. The quantitative estimate of drug-likeness (QED) is 0.470. The first-order chi connectivity index (χ1) is 16.0. The van der Waals surface area contributed by atoms with E-state index in [1.165, 1.54) is 28.4 Å². The molecule has 1 fully saturated rings. The highest BCUT2D eigenvalue weighted by atomic mass is 16.7. The molecule has 1 N–H and O–H groups in total. The summed E-state index contributed by atoms with van der Waals surface area (Å²) in [5.41, 5.74) is 2.67. The molecule has 0 aliphatic carbocycles. The summed E-state index contributed by atoms with van der Waals surface area (Å²) >= 11 is 0. The maximum atomic E-state index is 12.6. The molecular weight excluding hydrogens is 434 g/mol. The summed E-state index contributed by atoms with van der Waals surface area (Å²) in [4.78, 5) is 24.0. The van der Waals surface area contributed by atoms with E-state index >= 15 is 0 Å². The summed E-state index contributed by atoms with van der Waals surface area (Å²) in [6.07, 6.45) is -0.740. The summed E-state index contributed by atoms with van der Waals surface area (Å²) in [6.45, 7) is 0.496. The predicted octanol–water partition coefficient (Wildman–Crippen LogP) is 2.93. The van der Waals surface area contributed by atoms with Crippen molar-refractivity contribution in [3.05, 3.63) is 46.5 Å². The number of methoxy groups -OCH3 is 4. The number of nitrogens with one attached hydrogen (secondary N) is 1. The maximum Gasteiger partial charge on any atom is 0.406 e. The van der Waals surface area contributed by atoms with E-state index in [2.05, 4.69) is 10.1 Å². The van der Waals surface area contributed by atoms with Crippen LogP contribution in [-0.2, 0) is 20.6 Å². The van der Waals surface area contributed by atoms with E-state index < -0.39 is 18.2 Å². The molecule has 2 atom stereocenters. The van der Waals surface area contributed by atoms with Gasteiger partial charge in [0.15, 0.2) is 23.0 Å². The van der Waals surface area contributed by atoms with Crippen LogP contribution >= 0.6 is 0 Å². The summed E-state index contributed by atoms with van der Waals surface area (Å²) in [5, 5.41) is 2.67. The molecule has 10 nitrogen and oxygen atoms in total. The van der Waals surface area contributed by atoms with Gasteiger partial charge in [-0.3, -0.25) is 0 Å². The minimum Gasteiger partial charge on any atom is -0.493 e. The number of rotatable bonds is 8. The Hall–Kier alpha value is -3.66. The second-order valence-electron chi connectivity index (χ2n) is 7.31. The van der Waals surface area contributed by atoms with Crippen LogP contribution in [0.5, 0.6) is 23.0 Å². The van der Waals surface area contributed by atoms with Gasteiger partial charge in [-0.2, -0.15) is 0 Å². The van der Waals surface area contributed by atoms with Gasteiger partial charge in [0.05, 0.1) is 28.4 Å². The molecule has 2 heterocycles. The SMILES string of the molecule is COC(=O)NCCc1cc2c(cc1[C@H]1O[C@@H]1c1ccc(OC)c(OC)c1C(=O)OC)OCO2. The van der Waals surface area contributed by atoms with Crippen molar-refractivity contribution in [3.8, 4) is 23.0 Å². The molecule has 176 valence electrons. The van der Waals surface area contributed by atoms with E-state index in [0.29, 0.717) is 35.8 Å². The number of carbonyl (C=O) groups excluding carboxylic acids is 2. The molecule has 0 saturated carbocycles. The summed E-state index contributed by atoms with van der Waals surface area (Å²) in [5.74, 6) is 1.39. The summed E-state index contributed by atoms with van der Waals surface area (Å²) in [7, 11) is 5.58. The van der Waals surface area contributed by atoms with Crippen molar-refractivity contribution in [1.29, 1.82) is 0 Å². The highest BCUT2D eigenvalue weighted by molar-refractivity contribution is 5.95. The normalized spacial score (nSPS) is 17.8. The Morgan fingerprint density at radius 2 is 1.70 bits per heavy atom. The molecule has 2 aromatic rings. The van der Waals surface area contributed by atoms with Crippen molar-refractivity contribution in [2.75, 3.05) is 41.8 Å². The largest absolute Gasteiger partial charge is 0.493 e. The number of epoxide rings is 1. The van der Waals surface area contributed by atoms with Crippen LogP contribution in [0.3, 0.4) is 0 Å². The van der Waals surface area contributed by atoms with Crippen molar-refractivity contribution in [3.63, 3.8) is 0 Å². The second-order valence-corrected chi connectivity index (χ2v) is 7.31. The number of hydrogen-bond donors (Lipinski definition) is 1. The van der Waals surface area contributed by atoms with Gasteiger partial charge in [-0.25, -0.2) is 9.59 Å². The Balaban J connectivity index is 1.66.